The van der Waals surface area contributed by atoms with Gasteiger partial charge in [-0.1, -0.05) is 6.92 Å². The summed E-state index contributed by atoms with van der Waals surface area (Å²) >= 11 is 1.75. The van der Waals surface area contributed by atoms with Gasteiger partial charge in [0.05, 0.1) is 11.4 Å². The Hall–Kier alpha value is -2.22. The highest BCUT2D eigenvalue weighted by Crippen LogP contribution is 2.30. The molecule has 0 N–H and O–H groups in total. The van der Waals surface area contributed by atoms with Crippen LogP contribution in [0.3, 0.4) is 0 Å². The van der Waals surface area contributed by atoms with Gasteiger partial charge in [-0.15, -0.1) is 0 Å². The van der Waals surface area contributed by atoms with Crippen molar-refractivity contribution >= 4 is 17.2 Å². The van der Waals surface area contributed by atoms with Crippen molar-refractivity contribution in [2.45, 2.75) is 33.4 Å². The van der Waals surface area contributed by atoms with Crippen LogP contribution in [-0.4, -0.2) is 59.4 Å². The number of piperazine rings is 1. The summed E-state index contributed by atoms with van der Waals surface area (Å²) in [5.74, 6) is 0.933. The van der Waals surface area contributed by atoms with Crippen molar-refractivity contribution in [1.29, 1.82) is 0 Å². The van der Waals surface area contributed by atoms with Gasteiger partial charge >= 0.3 is 0 Å². The fourth-order valence-corrected chi connectivity index (χ4v) is 4.89. The van der Waals surface area contributed by atoms with Crippen LogP contribution in [0, 0.1) is 12.7 Å². The van der Waals surface area contributed by atoms with Crippen molar-refractivity contribution in [3.8, 4) is 5.69 Å². The maximum atomic E-state index is 13.6. The summed E-state index contributed by atoms with van der Waals surface area (Å²) in [6.07, 6.45) is 1.11. The first-order valence-electron chi connectivity index (χ1n) is 11.1. The summed E-state index contributed by atoms with van der Waals surface area (Å²) in [4.78, 5) is 7.33. The van der Waals surface area contributed by atoms with Crippen LogP contribution in [0.15, 0.2) is 41.1 Å². The zero-order chi connectivity index (χ0) is 21.8. The van der Waals surface area contributed by atoms with E-state index in [2.05, 4.69) is 52.4 Å². The number of aryl methyl sites for hydroxylation is 1. The summed E-state index contributed by atoms with van der Waals surface area (Å²) in [7, 11) is 2.17. The number of hydrogen-bond donors (Lipinski definition) is 0. The minimum absolute atomic E-state index is 0.223. The van der Waals surface area contributed by atoms with Gasteiger partial charge < -0.3 is 9.80 Å². The SMILES string of the molecule is CCCN(Cc1ccsc1)Cc1c(C)nn(-c2ccc(F)cc2)c1N1CCN(C)CC1. The lowest BCUT2D eigenvalue weighted by atomic mass is 10.1. The van der Waals surface area contributed by atoms with Crippen LogP contribution >= 0.6 is 11.3 Å². The van der Waals surface area contributed by atoms with Crippen LogP contribution in [0.5, 0.6) is 0 Å². The highest BCUT2D eigenvalue weighted by atomic mass is 32.1. The number of aromatic nitrogens is 2. The van der Waals surface area contributed by atoms with Crippen molar-refractivity contribution in [2.24, 2.45) is 0 Å². The van der Waals surface area contributed by atoms with Crippen molar-refractivity contribution < 1.29 is 4.39 Å². The summed E-state index contributed by atoms with van der Waals surface area (Å²) in [5, 5.41) is 9.31. The van der Waals surface area contributed by atoms with Crippen molar-refractivity contribution in [2.75, 3.05) is 44.7 Å². The second kappa shape index (κ2) is 9.94. The van der Waals surface area contributed by atoms with Gasteiger partial charge in [0.1, 0.15) is 11.6 Å². The van der Waals surface area contributed by atoms with Crippen LogP contribution in [0.25, 0.3) is 5.69 Å². The molecule has 0 amide bonds. The quantitative estimate of drug-likeness (QED) is 0.513. The standard InChI is InChI=1S/C24H32FN5S/c1-4-10-28(16-20-9-15-31-18-20)17-23-19(2)26-30(22-7-5-21(25)6-8-22)24(23)29-13-11-27(3)12-14-29/h5-9,15,18H,4,10-14,16-17H2,1-3H3. The van der Waals surface area contributed by atoms with Gasteiger partial charge in [-0.05, 0) is 73.6 Å². The summed E-state index contributed by atoms with van der Waals surface area (Å²) in [6, 6.07) is 8.88. The van der Waals surface area contributed by atoms with Crippen LogP contribution in [0.1, 0.15) is 30.2 Å². The molecule has 2 aromatic heterocycles. The third-order valence-corrected chi connectivity index (χ3v) is 6.67. The molecule has 3 aromatic rings. The fraction of sp³-hybridized carbons (Fsp3) is 0.458. The first-order valence-corrected chi connectivity index (χ1v) is 12.0. The molecule has 166 valence electrons. The number of nitrogens with zero attached hydrogens (tertiary/aromatic N) is 5. The number of thiophene rings is 1. The number of benzene rings is 1. The molecule has 0 spiro atoms. The Morgan fingerprint density at radius 3 is 2.45 bits per heavy atom. The number of rotatable bonds is 8. The first kappa shape index (κ1) is 22.0. The molecule has 1 saturated heterocycles. The van der Waals surface area contributed by atoms with E-state index in [0.717, 1.165) is 69.4 Å². The first-order chi connectivity index (χ1) is 15.0. The molecule has 4 rings (SSSR count). The minimum atomic E-state index is -0.223. The van der Waals surface area contributed by atoms with Crippen LogP contribution in [0.4, 0.5) is 10.2 Å². The number of halogens is 1. The lowest BCUT2D eigenvalue weighted by molar-refractivity contribution is 0.256. The number of anilines is 1. The smallest absolute Gasteiger partial charge is 0.137 e. The minimum Gasteiger partial charge on any atom is -0.354 e. The maximum absolute atomic E-state index is 13.6. The van der Waals surface area contributed by atoms with Gasteiger partial charge in [-0.2, -0.15) is 16.4 Å². The second-order valence-corrected chi connectivity index (χ2v) is 9.19. The predicted octanol–water partition coefficient (Wildman–Crippen LogP) is 4.55. The Morgan fingerprint density at radius 2 is 1.81 bits per heavy atom. The molecule has 0 atom stereocenters. The van der Waals surface area contributed by atoms with Gasteiger partial charge in [0, 0.05) is 44.8 Å². The van der Waals surface area contributed by atoms with E-state index in [1.165, 1.54) is 23.3 Å². The molecule has 0 radical (unpaired) electrons. The van der Waals surface area contributed by atoms with E-state index in [0.29, 0.717) is 0 Å². The topological polar surface area (TPSA) is 27.5 Å². The van der Waals surface area contributed by atoms with Crippen LogP contribution in [-0.2, 0) is 13.1 Å². The van der Waals surface area contributed by atoms with E-state index in [1.54, 1.807) is 11.3 Å². The highest BCUT2D eigenvalue weighted by molar-refractivity contribution is 7.07. The second-order valence-electron chi connectivity index (χ2n) is 8.41. The van der Waals surface area contributed by atoms with E-state index >= 15 is 0 Å². The van der Waals surface area contributed by atoms with Crippen LogP contribution < -0.4 is 4.90 Å². The van der Waals surface area contributed by atoms with Crippen molar-refractivity contribution in [3.05, 3.63) is 63.7 Å². The summed E-state index contributed by atoms with van der Waals surface area (Å²) in [6.45, 7) is 11.2. The Balaban J connectivity index is 1.70. The average Bonchev–Trinajstić information content (AvgIpc) is 3.38. The van der Waals surface area contributed by atoms with E-state index < -0.39 is 0 Å². The molecule has 3 heterocycles. The molecule has 1 fully saturated rings. The summed E-state index contributed by atoms with van der Waals surface area (Å²) < 4.78 is 15.6. The largest absolute Gasteiger partial charge is 0.354 e. The molecule has 1 aliphatic rings. The van der Waals surface area contributed by atoms with Crippen LogP contribution in [0.2, 0.25) is 0 Å². The zero-order valence-corrected chi connectivity index (χ0v) is 19.5. The molecule has 0 saturated carbocycles. The van der Waals surface area contributed by atoms with E-state index in [1.807, 2.05) is 16.8 Å². The average molecular weight is 442 g/mol. The molecule has 1 aromatic carbocycles. The molecular formula is C24H32FN5S. The monoisotopic (exact) mass is 441 g/mol. The lowest BCUT2D eigenvalue weighted by Crippen LogP contribution is -2.45. The van der Waals surface area contributed by atoms with Crippen molar-refractivity contribution in [3.63, 3.8) is 0 Å². The van der Waals surface area contributed by atoms with E-state index in [-0.39, 0.29) is 5.82 Å². The third kappa shape index (κ3) is 5.17. The zero-order valence-electron chi connectivity index (χ0n) is 18.7. The van der Waals surface area contributed by atoms with Gasteiger partial charge in [0.25, 0.3) is 0 Å². The fourth-order valence-electron chi connectivity index (χ4n) is 4.23. The molecule has 0 unspecified atom stereocenters. The third-order valence-electron chi connectivity index (χ3n) is 5.94. The lowest BCUT2D eigenvalue weighted by Gasteiger charge is -2.35. The Morgan fingerprint density at radius 1 is 1.06 bits per heavy atom. The highest BCUT2D eigenvalue weighted by Gasteiger charge is 2.26. The van der Waals surface area contributed by atoms with Crippen molar-refractivity contribution in [1.82, 2.24) is 19.6 Å². The van der Waals surface area contributed by atoms with Gasteiger partial charge in [0.2, 0.25) is 0 Å². The molecule has 0 aliphatic carbocycles. The van der Waals surface area contributed by atoms with Gasteiger partial charge in [-0.3, -0.25) is 4.90 Å². The molecule has 1 aliphatic heterocycles. The Bertz CT molecular complexity index is 959. The predicted molar refractivity (Wildman–Crippen MR) is 127 cm³/mol. The molecule has 31 heavy (non-hydrogen) atoms. The van der Waals surface area contributed by atoms with E-state index in [4.69, 9.17) is 5.10 Å². The maximum Gasteiger partial charge on any atom is 0.137 e. The van der Waals surface area contributed by atoms with Gasteiger partial charge in [0.15, 0.2) is 0 Å². The molecule has 7 heteroatoms. The molecular weight excluding hydrogens is 409 g/mol. The summed E-state index contributed by atoms with van der Waals surface area (Å²) in [5.41, 5.74) is 4.59. The molecule has 5 nitrogen and oxygen atoms in total. The number of likely N-dealkylation sites (N-methyl/N-ethyl adjacent to an activating group) is 1. The molecule has 0 bridgehead atoms. The number of hydrogen-bond acceptors (Lipinski definition) is 5. The normalized spacial score (nSPS) is 15.2. The Labute approximate surface area is 188 Å². The Kier molecular flexibility index (Phi) is 7.05. The van der Waals surface area contributed by atoms with Gasteiger partial charge in [-0.25, -0.2) is 9.07 Å². The van der Waals surface area contributed by atoms with E-state index in [9.17, 15) is 4.39 Å².